The van der Waals surface area contributed by atoms with Crippen molar-refractivity contribution in [2.75, 3.05) is 56.9 Å². The van der Waals surface area contributed by atoms with Gasteiger partial charge in [-0.25, -0.2) is 9.97 Å². The Morgan fingerprint density at radius 2 is 0.562 bits per heavy atom. The minimum atomic E-state index is 0.621. The van der Waals surface area contributed by atoms with E-state index >= 15 is 0 Å². The Hall–Kier alpha value is -8.12. The van der Waals surface area contributed by atoms with Crippen molar-refractivity contribution < 1.29 is 37.9 Å². The summed E-state index contributed by atoms with van der Waals surface area (Å²) in [7, 11) is 13.2. The van der Waals surface area contributed by atoms with Gasteiger partial charge in [0.25, 0.3) is 0 Å². The molecule has 3 aromatic heterocycles. The van der Waals surface area contributed by atoms with Gasteiger partial charge in [-0.05, 0) is 121 Å². The molecule has 0 saturated carbocycles. The van der Waals surface area contributed by atoms with Crippen LogP contribution in [0.5, 0.6) is 46.0 Å². The smallest absolute Gasteiger partial charge is 0.127 e. The van der Waals surface area contributed by atoms with Crippen LogP contribution in [0, 0.1) is 0 Å². The summed E-state index contributed by atoms with van der Waals surface area (Å²) in [5.41, 5.74) is 11.9. The van der Waals surface area contributed by atoms with Gasteiger partial charge >= 0.3 is 0 Å². The first-order valence-corrected chi connectivity index (χ1v) is 20.4. The molecule has 0 fully saturated rings. The Morgan fingerprint density at radius 1 is 0.297 bits per heavy atom. The van der Waals surface area contributed by atoms with Crippen LogP contribution in [0.3, 0.4) is 0 Å². The third-order valence-corrected chi connectivity index (χ3v) is 11.5. The van der Waals surface area contributed by atoms with E-state index in [1.54, 1.807) is 56.9 Å². The van der Waals surface area contributed by atoms with Crippen LogP contribution in [0.2, 0.25) is 0 Å². The van der Waals surface area contributed by atoms with E-state index < -0.39 is 0 Å². The Kier molecular flexibility index (Phi) is 11.2. The van der Waals surface area contributed by atoms with Crippen molar-refractivity contribution in [1.82, 2.24) is 19.9 Å². The van der Waals surface area contributed by atoms with Crippen molar-refractivity contribution >= 4 is 46.4 Å². The van der Waals surface area contributed by atoms with Crippen LogP contribution in [0.4, 0.5) is 0 Å². The fourth-order valence-corrected chi connectivity index (χ4v) is 8.38. The first-order valence-electron chi connectivity index (χ1n) is 20.4. The van der Waals surface area contributed by atoms with Gasteiger partial charge in [0.1, 0.15) is 46.0 Å². The summed E-state index contributed by atoms with van der Waals surface area (Å²) in [4.78, 5) is 18.5. The first kappa shape index (κ1) is 41.2. The zero-order valence-corrected chi connectivity index (χ0v) is 36.7. The lowest BCUT2D eigenvalue weighted by molar-refractivity contribution is 0.404. The van der Waals surface area contributed by atoms with Gasteiger partial charge in [0.15, 0.2) is 0 Å². The number of aromatic amines is 2. The number of methoxy groups -OCH3 is 8. The van der Waals surface area contributed by atoms with E-state index in [-0.39, 0.29) is 0 Å². The van der Waals surface area contributed by atoms with E-state index in [2.05, 4.69) is 22.1 Å². The molecule has 4 aromatic carbocycles. The third-order valence-electron chi connectivity index (χ3n) is 11.5. The fourth-order valence-electron chi connectivity index (χ4n) is 8.38. The van der Waals surface area contributed by atoms with Crippen molar-refractivity contribution in [2.24, 2.45) is 0 Å². The average Bonchev–Trinajstić information content (AvgIpc) is 4.20. The highest BCUT2D eigenvalue weighted by Crippen LogP contribution is 2.45. The maximum Gasteiger partial charge on any atom is 0.127 e. The molecule has 0 radical (unpaired) electrons. The second-order valence-corrected chi connectivity index (χ2v) is 14.8. The summed E-state index contributed by atoms with van der Waals surface area (Å²) < 4.78 is 47.1. The highest BCUT2D eigenvalue weighted by molar-refractivity contribution is 6.02. The largest absolute Gasteiger partial charge is 0.497 e. The van der Waals surface area contributed by atoms with Crippen molar-refractivity contribution in [2.45, 2.75) is 0 Å². The van der Waals surface area contributed by atoms with Crippen LogP contribution >= 0.6 is 0 Å². The van der Waals surface area contributed by atoms with Gasteiger partial charge in [-0.1, -0.05) is 0 Å². The van der Waals surface area contributed by atoms with E-state index in [1.807, 2.05) is 109 Å². The molecule has 12 heteroatoms. The molecule has 7 aromatic rings. The average molecular weight is 855 g/mol. The Labute approximate surface area is 370 Å². The minimum absolute atomic E-state index is 0.621. The van der Waals surface area contributed by atoms with Gasteiger partial charge in [-0.15, -0.1) is 0 Å². The number of nitrogens with one attached hydrogen (secondary N) is 2. The zero-order chi connectivity index (χ0) is 44.5. The number of hydrogen-bond donors (Lipinski definition) is 2. The lowest BCUT2D eigenvalue weighted by Gasteiger charge is -2.13. The molecule has 8 bridgehead atoms. The first-order chi connectivity index (χ1) is 31.3. The van der Waals surface area contributed by atoms with E-state index in [4.69, 9.17) is 47.9 Å². The van der Waals surface area contributed by atoms with Crippen LogP contribution in [0.15, 0.2) is 97.1 Å². The molecular weight excluding hydrogens is 809 g/mol. The summed E-state index contributed by atoms with van der Waals surface area (Å²) >= 11 is 0. The predicted octanol–water partition coefficient (Wildman–Crippen LogP) is 11.4. The molecule has 2 aliphatic heterocycles. The number of ether oxygens (including phenoxy) is 8. The lowest BCUT2D eigenvalue weighted by Crippen LogP contribution is -1.96. The van der Waals surface area contributed by atoms with E-state index in [0.29, 0.717) is 68.8 Å². The van der Waals surface area contributed by atoms with Crippen molar-refractivity contribution in [3.8, 4) is 90.5 Å². The number of fused-ring (bicyclic) bond motifs is 8. The zero-order valence-electron chi connectivity index (χ0n) is 36.7. The minimum Gasteiger partial charge on any atom is -0.497 e. The van der Waals surface area contributed by atoms with Crippen LogP contribution in [0.25, 0.3) is 90.9 Å². The molecule has 2 N–H and O–H groups in total. The lowest BCUT2D eigenvalue weighted by atomic mass is 10.0. The van der Waals surface area contributed by atoms with Gasteiger partial charge in [0.05, 0.1) is 79.7 Å². The van der Waals surface area contributed by atoms with Crippen molar-refractivity contribution in [3.05, 3.63) is 120 Å². The van der Waals surface area contributed by atoms with Crippen molar-refractivity contribution in [3.63, 3.8) is 0 Å². The number of benzene rings is 4. The summed E-state index contributed by atoms with van der Waals surface area (Å²) in [6.07, 6.45) is 8.00. The molecule has 2 aliphatic rings. The maximum absolute atomic E-state index is 6.03. The summed E-state index contributed by atoms with van der Waals surface area (Å²) in [5.74, 6) is 5.16. The van der Waals surface area contributed by atoms with Crippen LogP contribution in [-0.4, -0.2) is 76.8 Å². The predicted molar refractivity (Wildman–Crippen MR) is 253 cm³/mol. The van der Waals surface area contributed by atoms with E-state index in [1.165, 1.54) is 0 Å². The highest BCUT2D eigenvalue weighted by Gasteiger charge is 2.24. The quantitative estimate of drug-likeness (QED) is 0.122. The molecule has 0 saturated heterocycles. The second kappa shape index (κ2) is 17.3. The number of hydrogen-bond acceptors (Lipinski definition) is 10. The van der Waals surface area contributed by atoms with Crippen LogP contribution < -0.4 is 37.9 Å². The number of nitrogens with zero attached hydrogens (tertiary/aromatic N) is 2. The fraction of sp³-hybridized carbons (Fsp3) is 0.154. The number of H-pyrrole nitrogens is 2. The molecular formula is C52H46N4O8. The maximum atomic E-state index is 6.03. The molecule has 0 spiro atoms. The molecule has 0 amide bonds. The second-order valence-electron chi connectivity index (χ2n) is 14.8. The molecule has 5 heterocycles. The summed E-state index contributed by atoms with van der Waals surface area (Å²) in [6.45, 7) is 0. The number of rotatable bonds is 12. The number of aromatic nitrogens is 4. The van der Waals surface area contributed by atoms with E-state index in [0.717, 1.165) is 66.6 Å². The SMILES string of the molecule is COc1ccc(OC)c(-c2c3nc(c(-c4cc(OC)ccc4OC)c4ccc([nH]4)c(-c4cc(OC)ccc4OC)c4ccc([nH]4)c(-c4cc(OC)ccc4OC)c4nc2C=C4)C=C3)c1. The topological polar surface area (TPSA) is 131 Å². The van der Waals surface area contributed by atoms with E-state index in [9.17, 15) is 0 Å². The normalized spacial score (nSPS) is 11.6. The molecule has 0 aliphatic carbocycles. The van der Waals surface area contributed by atoms with Gasteiger partial charge in [0.2, 0.25) is 0 Å². The van der Waals surface area contributed by atoms with Crippen LogP contribution in [-0.2, 0) is 0 Å². The standard InChI is InChI=1S/C52H46N4O8/c1-57-29-9-21-45(61-5)33(25-29)49-37-13-15-39(53-37)50(34-26-30(58-2)10-22-46(34)62-6)41-17-19-43(55-41)52(36-28-32(60-4)12-24-48(36)64-8)44-20-18-42(56-44)51(40-16-14-38(49)54-40)35-27-31(59-3)11-23-47(35)63-7/h9-28,53-54H,1-8H3. The molecule has 0 atom stereocenters. The third kappa shape index (κ3) is 7.28. The Bertz CT molecular complexity index is 3030. The Morgan fingerprint density at radius 3 is 0.859 bits per heavy atom. The molecule has 0 unspecified atom stereocenters. The van der Waals surface area contributed by atoms with Gasteiger partial charge < -0.3 is 47.9 Å². The highest BCUT2D eigenvalue weighted by atomic mass is 16.5. The van der Waals surface area contributed by atoms with Crippen LogP contribution in [0.1, 0.15) is 22.8 Å². The Balaban J connectivity index is 1.53. The molecule has 12 nitrogen and oxygen atoms in total. The molecule has 64 heavy (non-hydrogen) atoms. The summed E-state index contributed by atoms with van der Waals surface area (Å²) in [6, 6.07) is 31.1. The molecule has 9 rings (SSSR count). The van der Waals surface area contributed by atoms with Gasteiger partial charge in [-0.2, -0.15) is 0 Å². The summed E-state index contributed by atoms with van der Waals surface area (Å²) in [5, 5.41) is 0. The van der Waals surface area contributed by atoms with Gasteiger partial charge in [0, 0.05) is 66.6 Å². The molecule has 322 valence electrons. The van der Waals surface area contributed by atoms with Gasteiger partial charge in [-0.3, -0.25) is 0 Å². The monoisotopic (exact) mass is 854 g/mol. The van der Waals surface area contributed by atoms with Crippen molar-refractivity contribution in [1.29, 1.82) is 0 Å².